The molecule has 0 aromatic carbocycles. The highest BCUT2D eigenvalue weighted by Crippen LogP contribution is 2.22. The quantitative estimate of drug-likeness (QED) is 0.0280. The van der Waals surface area contributed by atoms with Crippen LogP contribution in [0.15, 0.2) is 72.9 Å². The fourth-order valence-electron chi connectivity index (χ4n) is 9.48. The van der Waals surface area contributed by atoms with E-state index in [2.05, 4.69) is 93.7 Å². The Kier molecular flexibility index (Phi) is 60.4. The molecule has 0 fully saturated rings. The fraction of sp³-hybridized carbons (Fsp3) is 0.789. The van der Waals surface area contributed by atoms with Gasteiger partial charge in [-0.05, 0) is 135 Å². The lowest BCUT2D eigenvalue weighted by Gasteiger charge is -2.30. The number of unbranched alkanes of at least 4 members (excludes halogenated alkanes) is 36. The number of esters is 3. The topological polar surface area (TPSA) is 99.1 Å². The molecule has 0 atom stereocenters. The van der Waals surface area contributed by atoms with Gasteiger partial charge in [0.05, 0.1) is 12.0 Å². The molecular formula is C71H126O7. The van der Waals surface area contributed by atoms with Gasteiger partial charge < -0.3 is 19.3 Å². The summed E-state index contributed by atoms with van der Waals surface area (Å²) < 4.78 is 17.1. The van der Waals surface area contributed by atoms with Crippen molar-refractivity contribution in [1.82, 2.24) is 0 Å². The monoisotopic (exact) mass is 1090 g/mol. The molecule has 0 bridgehead atoms. The number of carbonyl (C=O) groups is 3. The van der Waals surface area contributed by atoms with E-state index >= 15 is 0 Å². The van der Waals surface area contributed by atoms with E-state index < -0.39 is 12.0 Å². The first-order chi connectivity index (χ1) is 38.4. The second-order valence-corrected chi connectivity index (χ2v) is 22.8. The summed E-state index contributed by atoms with van der Waals surface area (Å²) in [4.78, 5) is 38.7. The molecule has 1 N–H and O–H groups in total. The Bertz CT molecular complexity index is 1300. The predicted molar refractivity (Wildman–Crippen MR) is 336 cm³/mol. The molecule has 0 saturated heterocycles. The van der Waals surface area contributed by atoms with Gasteiger partial charge in [0, 0.05) is 19.3 Å². The van der Waals surface area contributed by atoms with Gasteiger partial charge >= 0.3 is 17.9 Å². The van der Waals surface area contributed by atoms with E-state index in [0.717, 1.165) is 96.3 Å². The van der Waals surface area contributed by atoms with Crippen LogP contribution in [0.5, 0.6) is 0 Å². The minimum atomic E-state index is -1.23. The van der Waals surface area contributed by atoms with E-state index in [1.54, 1.807) is 0 Å². The number of aliphatic hydroxyl groups excluding tert-OH is 1. The molecule has 0 aliphatic rings. The van der Waals surface area contributed by atoms with Crippen LogP contribution in [0.4, 0.5) is 0 Å². The molecule has 0 aliphatic heterocycles. The molecule has 0 unspecified atom stereocenters. The molecule has 7 nitrogen and oxygen atoms in total. The third-order valence-corrected chi connectivity index (χ3v) is 14.9. The average molecular weight is 1090 g/mol. The van der Waals surface area contributed by atoms with E-state index in [9.17, 15) is 19.5 Å². The van der Waals surface area contributed by atoms with Gasteiger partial charge in [0.25, 0.3) is 0 Å². The minimum absolute atomic E-state index is 0.192. The standard InChI is InChI=1S/C71H126O7/c1-4-7-10-13-16-19-22-25-28-31-34-37-40-43-46-49-52-55-58-61-68(73)76-65-71(64-72,66-77-69(74)62-59-56-53-50-47-44-41-38-35-32-29-26-23-20-17-14-11-8-5-2)67-78-70(75)63-60-57-54-51-48-45-42-39-36-33-30-27-24-21-18-15-12-9-6-3/h31-36,43-48,72H,4-30,37-42,49-67H2,1-3H3. The van der Waals surface area contributed by atoms with Crippen molar-refractivity contribution in [2.75, 3.05) is 26.4 Å². The fourth-order valence-corrected chi connectivity index (χ4v) is 9.48. The number of carbonyl (C=O) groups excluding carboxylic acids is 3. The normalized spacial score (nSPS) is 12.9. The van der Waals surface area contributed by atoms with Gasteiger partial charge in [0.2, 0.25) is 0 Å². The molecule has 0 spiro atoms. The van der Waals surface area contributed by atoms with Crippen molar-refractivity contribution in [3.05, 3.63) is 72.9 Å². The van der Waals surface area contributed by atoms with Crippen molar-refractivity contribution >= 4 is 17.9 Å². The second kappa shape index (κ2) is 63.0. The number of allylic oxidation sites excluding steroid dienone is 12. The molecule has 0 heterocycles. The maximum atomic E-state index is 12.9. The van der Waals surface area contributed by atoms with Crippen molar-refractivity contribution in [3.63, 3.8) is 0 Å². The van der Waals surface area contributed by atoms with Crippen LogP contribution in [0, 0.1) is 5.41 Å². The maximum absolute atomic E-state index is 12.9. The summed E-state index contributed by atoms with van der Waals surface area (Å²) in [6.45, 7) is 5.78. The number of hydrogen-bond donors (Lipinski definition) is 1. The molecule has 7 heteroatoms. The number of rotatable bonds is 61. The van der Waals surface area contributed by atoms with Gasteiger partial charge in [0.1, 0.15) is 19.8 Å². The zero-order chi connectivity index (χ0) is 56.6. The Labute approximate surface area is 483 Å². The first-order valence-corrected chi connectivity index (χ1v) is 33.4. The van der Waals surface area contributed by atoms with Gasteiger partial charge in [-0.1, -0.05) is 248 Å². The lowest BCUT2D eigenvalue weighted by molar-refractivity contribution is -0.165. The highest BCUT2D eigenvalue weighted by atomic mass is 16.6. The number of aliphatic hydroxyl groups is 1. The summed E-state index contributed by atoms with van der Waals surface area (Å²) >= 11 is 0. The van der Waals surface area contributed by atoms with E-state index in [-0.39, 0.29) is 57.0 Å². The van der Waals surface area contributed by atoms with Crippen LogP contribution in [0.2, 0.25) is 0 Å². The van der Waals surface area contributed by atoms with Crippen LogP contribution in [0.3, 0.4) is 0 Å². The molecule has 0 amide bonds. The molecule has 0 aliphatic carbocycles. The molecule has 0 rings (SSSR count). The highest BCUT2D eigenvalue weighted by molar-refractivity contribution is 5.70. The largest absolute Gasteiger partial charge is 0.465 e. The van der Waals surface area contributed by atoms with Gasteiger partial charge in [-0.2, -0.15) is 0 Å². The molecule has 78 heavy (non-hydrogen) atoms. The first kappa shape index (κ1) is 74.8. The van der Waals surface area contributed by atoms with Gasteiger partial charge in [-0.15, -0.1) is 0 Å². The zero-order valence-electron chi connectivity index (χ0n) is 51.6. The number of ether oxygens (including phenoxy) is 3. The SMILES string of the molecule is CCCCCCCCCCC=CCCC=CCCCCCC(=O)OCC(CO)(COC(=O)CCCCCC=CCCC=CCCCCCCCCCC)COC(=O)CCCCCC=CCCC=CCCCCCCCCCC. The van der Waals surface area contributed by atoms with Crippen LogP contribution < -0.4 is 0 Å². The smallest absolute Gasteiger partial charge is 0.305 e. The summed E-state index contributed by atoms with van der Waals surface area (Å²) in [5, 5.41) is 10.6. The van der Waals surface area contributed by atoms with Crippen molar-refractivity contribution in [2.24, 2.45) is 5.41 Å². The molecule has 0 aromatic rings. The van der Waals surface area contributed by atoms with Gasteiger partial charge in [0.15, 0.2) is 0 Å². The van der Waals surface area contributed by atoms with Crippen LogP contribution in [-0.2, 0) is 28.6 Å². The van der Waals surface area contributed by atoms with Crippen LogP contribution in [-0.4, -0.2) is 49.4 Å². The summed E-state index contributed by atoms with van der Waals surface area (Å²) in [7, 11) is 0. The van der Waals surface area contributed by atoms with E-state index in [1.165, 1.54) is 173 Å². The van der Waals surface area contributed by atoms with E-state index in [1.807, 2.05) is 0 Å². The van der Waals surface area contributed by atoms with E-state index in [0.29, 0.717) is 19.3 Å². The molecule has 0 aromatic heterocycles. The summed E-state index contributed by atoms with van der Waals surface area (Å²) in [5.41, 5.74) is -1.23. The van der Waals surface area contributed by atoms with Crippen molar-refractivity contribution in [1.29, 1.82) is 0 Å². The first-order valence-electron chi connectivity index (χ1n) is 33.4. The maximum Gasteiger partial charge on any atom is 0.305 e. The van der Waals surface area contributed by atoms with Crippen LogP contribution in [0.1, 0.15) is 329 Å². The molecule has 0 radical (unpaired) electrons. The Morgan fingerprint density at radius 1 is 0.269 bits per heavy atom. The molecule has 452 valence electrons. The molecular weight excluding hydrogens is 965 g/mol. The highest BCUT2D eigenvalue weighted by Gasteiger charge is 2.35. The third-order valence-electron chi connectivity index (χ3n) is 14.9. The Morgan fingerprint density at radius 2 is 0.449 bits per heavy atom. The third kappa shape index (κ3) is 57.5. The van der Waals surface area contributed by atoms with Gasteiger partial charge in [-0.3, -0.25) is 14.4 Å². The number of hydrogen-bond acceptors (Lipinski definition) is 7. The van der Waals surface area contributed by atoms with Crippen molar-refractivity contribution < 1.29 is 33.7 Å². The Morgan fingerprint density at radius 3 is 0.654 bits per heavy atom. The lowest BCUT2D eigenvalue weighted by atomic mass is 9.92. The van der Waals surface area contributed by atoms with Crippen molar-refractivity contribution in [2.45, 2.75) is 329 Å². The van der Waals surface area contributed by atoms with Crippen LogP contribution in [0.25, 0.3) is 0 Å². The minimum Gasteiger partial charge on any atom is -0.465 e. The van der Waals surface area contributed by atoms with Gasteiger partial charge in [-0.25, -0.2) is 0 Å². The van der Waals surface area contributed by atoms with Crippen LogP contribution >= 0.6 is 0 Å². The van der Waals surface area contributed by atoms with E-state index in [4.69, 9.17) is 14.2 Å². The second-order valence-electron chi connectivity index (χ2n) is 22.8. The Hall–Kier alpha value is -3.19. The zero-order valence-corrected chi connectivity index (χ0v) is 51.6. The molecule has 0 saturated carbocycles. The summed E-state index contributed by atoms with van der Waals surface area (Å²) in [5.74, 6) is -1.09. The van der Waals surface area contributed by atoms with Crippen molar-refractivity contribution in [3.8, 4) is 0 Å². The predicted octanol–water partition coefficient (Wildman–Crippen LogP) is 21.7. The lowest BCUT2D eigenvalue weighted by Crippen LogP contribution is -2.42. The average Bonchev–Trinajstić information content (AvgIpc) is 3.45. The Balaban J connectivity index is 4.67. The summed E-state index contributed by atoms with van der Waals surface area (Å²) in [6.07, 6.45) is 81.9. The summed E-state index contributed by atoms with van der Waals surface area (Å²) in [6, 6.07) is 0.